The van der Waals surface area contributed by atoms with Crippen molar-refractivity contribution in [2.45, 2.75) is 45.2 Å². The van der Waals surface area contributed by atoms with Gasteiger partial charge in [-0.1, -0.05) is 30.3 Å². The van der Waals surface area contributed by atoms with Crippen molar-refractivity contribution in [3.05, 3.63) is 84.4 Å². The molecule has 186 valence electrons. The van der Waals surface area contributed by atoms with Crippen molar-refractivity contribution in [1.29, 1.82) is 0 Å². The number of fused-ring (bicyclic) bond motifs is 1. The molecule has 2 N–H and O–H groups in total. The Kier molecular flexibility index (Phi) is 7.57. The van der Waals surface area contributed by atoms with Crippen LogP contribution in [-0.4, -0.2) is 33.5 Å². The van der Waals surface area contributed by atoms with E-state index in [0.29, 0.717) is 12.6 Å². The van der Waals surface area contributed by atoms with Crippen molar-refractivity contribution < 1.29 is 9.53 Å². The number of aromatic nitrogens is 3. The summed E-state index contributed by atoms with van der Waals surface area (Å²) in [7, 11) is 0. The third kappa shape index (κ3) is 5.74. The minimum absolute atomic E-state index is 0.0655. The van der Waals surface area contributed by atoms with Gasteiger partial charge in [0.25, 0.3) is 0 Å². The molecule has 2 unspecified atom stereocenters. The molecule has 7 heteroatoms. The second-order valence-corrected chi connectivity index (χ2v) is 9.47. The van der Waals surface area contributed by atoms with E-state index < -0.39 is 0 Å². The minimum Gasteiger partial charge on any atom is -0.457 e. The highest BCUT2D eigenvalue weighted by Crippen LogP contribution is 2.36. The summed E-state index contributed by atoms with van der Waals surface area (Å²) < 4.78 is 8.14. The summed E-state index contributed by atoms with van der Waals surface area (Å²) in [4.78, 5) is 21.5. The average molecular weight is 484 g/mol. The lowest BCUT2D eigenvalue weighted by molar-refractivity contribution is -0.124. The van der Waals surface area contributed by atoms with Gasteiger partial charge in [-0.05, 0) is 75.0 Å². The highest BCUT2D eigenvalue weighted by Gasteiger charge is 2.31. The molecule has 0 radical (unpaired) electrons. The lowest BCUT2D eigenvalue weighted by Gasteiger charge is -2.14. The Labute approximate surface area is 211 Å². The predicted octanol–water partition coefficient (Wildman–Crippen LogP) is 5.17. The van der Waals surface area contributed by atoms with Gasteiger partial charge < -0.3 is 19.9 Å². The number of rotatable bonds is 10. The molecule has 0 saturated heterocycles. The zero-order valence-electron chi connectivity index (χ0n) is 20.7. The molecule has 1 amide bonds. The van der Waals surface area contributed by atoms with E-state index in [0.717, 1.165) is 67.0 Å². The molecule has 0 spiro atoms. The summed E-state index contributed by atoms with van der Waals surface area (Å²) in [5, 5.41) is 7.69. The highest BCUT2D eigenvalue weighted by atomic mass is 16.5. The van der Waals surface area contributed by atoms with Gasteiger partial charge in [0.15, 0.2) is 0 Å². The number of amides is 1. The fraction of sp³-hybridized carbons (Fsp3) is 0.345. The van der Waals surface area contributed by atoms with Crippen LogP contribution in [-0.2, 0) is 11.3 Å². The van der Waals surface area contributed by atoms with E-state index in [1.807, 2.05) is 49.4 Å². The third-order valence-corrected chi connectivity index (χ3v) is 6.91. The van der Waals surface area contributed by atoms with Crippen LogP contribution in [0, 0.1) is 12.8 Å². The van der Waals surface area contributed by atoms with E-state index in [-0.39, 0.29) is 11.8 Å². The lowest BCUT2D eigenvalue weighted by Crippen LogP contribution is -2.31. The average Bonchev–Trinajstić information content (AvgIpc) is 3.55. The Bertz CT molecular complexity index is 1300. The quantitative estimate of drug-likeness (QED) is 0.304. The first kappa shape index (κ1) is 24.0. The van der Waals surface area contributed by atoms with Gasteiger partial charge in [0.1, 0.15) is 23.5 Å². The largest absolute Gasteiger partial charge is 0.457 e. The molecule has 0 bridgehead atoms. The molecule has 2 atom stereocenters. The van der Waals surface area contributed by atoms with E-state index in [1.54, 1.807) is 6.33 Å². The molecular formula is C29H33N5O2. The summed E-state index contributed by atoms with van der Waals surface area (Å²) in [6, 6.07) is 20.3. The fourth-order valence-corrected chi connectivity index (χ4v) is 4.99. The summed E-state index contributed by atoms with van der Waals surface area (Å²) in [6.45, 7) is 4.29. The standard InChI is InChI=1S/C29H33N5O2/c1-21-27-13-16-34(28(27)33-20-32-21)24-12-11-23(18-24)29(35)31-15-6-14-30-19-22-7-5-10-26(17-22)36-25-8-3-2-4-9-25/h2-5,7-10,13,16-17,20,23-24,30H,6,11-12,14-15,18-19H2,1H3,(H,31,35). The Morgan fingerprint density at radius 3 is 2.78 bits per heavy atom. The number of nitrogens with zero attached hydrogens (tertiary/aromatic N) is 3. The number of ether oxygens (including phenoxy) is 1. The zero-order valence-corrected chi connectivity index (χ0v) is 20.7. The van der Waals surface area contributed by atoms with E-state index in [2.05, 4.69) is 49.6 Å². The van der Waals surface area contributed by atoms with Gasteiger partial charge in [-0.15, -0.1) is 0 Å². The van der Waals surface area contributed by atoms with Crippen LogP contribution in [0.2, 0.25) is 0 Å². The van der Waals surface area contributed by atoms with Crippen LogP contribution in [0.3, 0.4) is 0 Å². The maximum absolute atomic E-state index is 12.7. The highest BCUT2D eigenvalue weighted by molar-refractivity contribution is 5.80. The topological polar surface area (TPSA) is 81.1 Å². The molecule has 1 aliphatic carbocycles. The van der Waals surface area contributed by atoms with Gasteiger partial charge in [0.2, 0.25) is 5.91 Å². The third-order valence-electron chi connectivity index (χ3n) is 6.91. The second kappa shape index (κ2) is 11.4. The number of hydrogen-bond acceptors (Lipinski definition) is 5. The van der Waals surface area contributed by atoms with Crippen LogP contribution in [0.5, 0.6) is 11.5 Å². The van der Waals surface area contributed by atoms with E-state index in [1.165, 1.54) is 5.56 Å². The monoisotopic (exact) mass is 483 g/mol. The van der Waals surface area contributed by atoms with E-state index >= 15 is 0 Å². The Morgan fingerprint density at radius 2 is 1.89 bits per heavy atom. The Balaban J connectivity index is 1.01. The van der Waals surface area contributed by atoms with Crippen LogP contribution in [0.25, 0.3) is 11.0 Å². The number of para-hydroxylation sites is 1. The van der Waals surface area contributed by atoms with Crippen LogP contribution in [0.15, 0.2) is 73.2 Å². The Hall–Kier alpha value is -3.71. The van der Waals surface area contributed by atoms with Gasteiger partial charge in [0, 0.05) is 36.6 Å². The van der Waals surface area contributed by atoms with Gasteiger partial charge in [-0.2, -0.15) is 0 Å². The molecule has 1 saturated carbocycles. The molecule has 2 heterocycles. The summed E-state index contributed by atoms with van der Waals surface area (Å²) in [5.41, 5.74) is 3.13. The summed E-state index contributed by atoms with van der Waals surface area (Å²) >= 11 is 0. The van der Waals surface area contributed by atoms with Crippen molar-refractivity contribution in [2.24, 2.45) is 5.92 Å². The van der Waals surface area contributed by atoms with Gasteiger partial charge >= 0.3 is 0 Å². The van der Waals surface area contributed by atoms with Gasteiger partial charge in [-0.3, -0.25) is 4.79 Å². The number of nitrogens with one attached hydrogen (secondary N) is 2. The van der Waals surface area contributed by atoms with Crippen LogP contribution < -0.4 is 15.4 Å². The van der Waals surface area contributed by atoms with Crippen molar-refractivity contribution in [3.63, 3.8) is 0 Å². The molecule has 2 aromatic heterocycles. The first-order valence-corrected chi connectivity index (χ1v) is 12.8. The second-order valence-electron chi connectivity index (χ2n) is 9.47. The van der Waals surface area contributed by atoms with Crippen LogP contribution >= 0.6 is 0 Å². The number of aryl methyl sites for hydroxylation is 1. The first-order valence-electron chi connectivity index (χ1n) is 12.8. The molecule has 7 nitrogen and oxygen atoms in total. The molecular weight excluding hydrogens is 450 g/mol. The van der Waals surface area contributed by atoms with Crippen molar-refractivity contribution in [1.82, 2.24) is 25.2 Å². The first-order chi connectivity index (χ1) is 17.7. The van der Waals surface area contributed by atoms with Crippen LogP contribution in [0.4, 0.5) is 0 Å². The molecule has 1 fully saturated rings. The Morgan fingerprint density at radius 1 is 1.03 bits per heavy atom. The molecule has 1 aliphatic rings. The molecule has 4 aromatic rings. The van der Waals surface area contributed by atoms with Crippen LogP contribution in [0.1, 0.15) is 43.0 Å². The van der Waals surface area contributed by atoms with Gasteiger partial charge in [0.05, 0.1) is 5.69 Å². The maximum atomic E-state index is 12.7. The van der Waals surface area contributed by atoms with Crippen molar-refractivity contribution in [2.75, 3.05) is 13.1 Å². The van der Waals surface area contributed by atoms with Gasteiger partial charge in [-0.25, -0.2) is 9.97 Å². The predicted molar refractivity (Wildman–Crippen MR) is 141 cm³/mol. The van der Waals surface area contributed by atoms with E-state index in [9.17, 15) is 4.79 Å². The number of hydrogen-bond donors (Lipinski definition) is 2. The van der Waals surface area contributed by atoms with Crippen molar-refractivity contribution in [3.8, 4) is 11.5 Å². The number of benzene rings is 2. The lowest BCUT2D eigenvalue weighted by atomic mass is 10.1. The molecule has 2 aromatic carbocycles. The maximum Gasteiger partial charge on any atom is 0.223 e. The SMILES string of the molecule is Cc1ncnc2c1ccn2C1CCC(C(=O)NCCCNCc2cccc(Oc3ccccc3)c2)C1. The normalized spacial score (nSPS) is 17.4. The van der Waals surface area contributed by atoms with E-state index in [4.69, 9.17) is 4.74 Å². The zero-order chi connectivity index (χ0) is 24.7. The molecule has 5 rings (SSSR count). The molecule has 0 aliphatic heterocycles. The summed E-state index contributed by atoms with van der Waals surface area (Å²) in [5.74, 6) is 1.90. The minimum atomic E-state index is 0.0655. The number of carbonyl (C=O) groups excluding carboxylic acids is 1. The molecule has 36 heavy (non-hydrogen) atoms. The smallest absolute Gasteiger partial charge is 0.223 e. The van der Waals surface area contributed by atoms with Crippen molar-refractivity contribution >= 4 is 16.9 Å². The fourth-order valence-electron chi connectivity index (χ4n) is 4.99. The number of carbonyl (C=O) groups is 1. The summed E-state index contributed by atoms with van der Waals surface area (Å²) in [6.07, 6.45) is 7.38.